The van der Waals surface area contributed by atoms with Crippen LogP contribution in [0, 0.1) is 0 Å². The molecule has 0 aliphatic carbocycles. The summed E-state index contributed by atoms with van der Waals surface area (Å²) in [5.41, 5.74) is 10.4. The molecule has 0 atom stereocenters. The number of hydrogen-bond acceptors (Lipinski definition) is 2. The third-order valence-electron chi connectivity index (χ3n) is 6.65. The Kier molecular flexibility index (Phi) is 6.69. The first kappa shape index (κ1) is 23.3. The molecule has 0 unspecified atom stereocenters. The second-order valence-electron chi connectivity index (χ2n) is 9.20. The highest BCUT2D eigenvalue weighted by atomic mass is 15.1. The number of benzene rings is 6. The van der Waals surface area contributed by atoms with E-state index in [0.717, 1.165) is 28.4 Å². The zero-order valence-electron chi connectivity index (χ0n) is 21.0. The predicted octanol–water partition coefficient (Wildman–Crippen LogP) is 10.2. The summed E-state index contributed by atoms with van der Waals surface area (Å²) in [7, 11) is 0. The van der Waals surface area contributed by atoms with Crippen molar-refractivity contribution in [2.75, 3.05) is 10.2 Å². The molecule has 0 saturated heterocycles. The molecule has 6 aromatic carbocycles. The first-order valence-corrected chi connectivity index (χ1v) is 12.9. The first-order chi connectivity index (χ1) is 18.8. The fourth-order valence-electron chi connectivity index (χ4n) is 4.69. The number of anilines is 5. The molecule has 0 spiro atoms. The zero-order valence-corrected chi connectivity index (χ0v) is 21.0. The Morgan fingerprint density at radius 2 is 0.605 bits per heavy atom. The van der Waals surface area contributed by atoms with Crippen LogP contribution < -0.4 is 10.2 Å². The summed E-state index contributed by atoms with van der Waals surface area (Å²) < 4.78 is 0. The van der Waals surface area contributed by atoms with E-state index in [1.54, 1.807) is 0 Å². The predicted molar refractivity (Wildman–Crippen MR) is 162 cm³/mol. The molecular weight excluding hydrogens is 460 g/mol. The minimum Gasteiger partial charge on any atom is -0.356 e. The van der Waals surface area contributed by atoms with Gasteiger partial charge >= 0.3 is 0 Å². The smallest absolute Gasteiger partial charge is 0.0462 e. The number of hydrogen-bond donors (Lipinski definition) is 1. The minimum atomic E-state index is 1.08. The molecule has 0 aliphatic heterocycles. The molecule has 0 bridgehead atoms. The molecule has 0 radical (unpaired) electrons. The van der Waals surface area contributed by atoms with Gasteiger partial charge < -0.3 is 10.2 Å². The lowest BCUT2D eigenvalue weighted by molar-refractivity contribution is 1.28. The van der Waals surface area contributed by atoms with E-state index in [2.05, 4.69) is 156 Å². The van der Waals surface area contributed by atoms with E-state index in [9.17, 15) is 0 Å². The highest BCUT2D eigenvalue weighted by molar-refractivity contribution is 5.79. The topological polar surface area (TPSA) is 15.3 Å². The average Bonchev–Trinajstić information content (AvgIpc) is 3.00. The highest BCUT2D eigenvalue weighted by Gasteiger charge is 2.12. The maximum absolute atomic E-state index is 3.44. The minimum absolute atomic E-state index is 1.08. The van der Waals surface area contributed by atoms with E-state index < -0.39 is 0 Å². The molecule has 0 heterocycles. The van der Waals surface area contributed by atoms with Crippen molar-refractivity contribution in [3.63, 3.8) is 0 Å². The largest absolute Gasteiger partial charge is 0.356 e. The van der Waals surface area contributed by atoms with Gasteiger partial charge in [0.2, 0.25) is 0 Å². The van der Waals surface area contributed by atoms with Gasteiger partial charge in [-0.3, -0.25) is 0 Å². The van der Waals surface area contributed by atoms with Gasteiger partial charge in [-0.1, -0.05) is 103 Å². The van der Waals surface area contributed by atoms with Gasteiger partial charge in [-0.2, -0.15) is 0 Å². The van der Waals surface area contributed by atoms with E-state index >= 15 is 0 Å². The SMILES string of the molecule is c1ccc(Nc2ccc(-c3ccc(-c4ccc(N(c5ccccc5)c5ccccc5)cc4)cc3)cc2)cc1. The molecular formula is C36H28N2. The molecule has 6 rings (SSSR count). The monoisotopic (exact) mass is 488 g/mol. The summed E-state index contributed by atoms with van der Waals surface area (Å²) in [6, 6.07) is 57.4. The summed E-state index contributed by atoms with van der Waals surface area (Å²) in [6.07, 6.45) is 0. The highest BCUT2D eigenvalue weighted by Crippen LogP contribution is 2.35. The van der Waals surface area contributed by atoms with Crippen molar-refractivity contribution in [3.8, 4) is 22.3 Å². The molecule has 0 aromatic heterocycles. The summed E-state index contributed by atoms with van der Waals surface area (Å²) in [6.45, 7) is 0. The maximum atomic E-state index is 3.44. The number of rotatable bonds is 7. The van der Waals surface area contributed by atoms with Crippen molar-refractivity contribution in [2.24, 2.45) is 0 Å². The van der Waals surface area contributed by atoms with Crippen LogP contribution in [-0.4, -0.2) is 0 Å². The number of nitrogens with zero attached hydrogens (tertiary/aromatic N) is 1. The van der Waals surface area contributed by atoms with E-state index in [0.29, 0.717) is 0 Å². The first-order valence-electron chi connectivity index (χ1n) is 12.9. The van der Waals surface area contributed by atoms with Crippen LogP contribution >= 0.6 is 0 Å². The van der Waals surface area contributed by atoms with Crippen molar-refractivity contribution in [3.05, 3.63) is 164 Å². The van der Waals surface area contributed by atoms with Crippen molar-refractivity contribution < 1.29 is 0 Å². The van der Waals surface area contributed by atoms with Crippen molar-refractivity contribution in [2.45, 2.75) is 0 Å². The Morgan fingerprint density at radius 3 is 1.05 bits per heavy atom. The molecule has 0 amide bonds. The van der Waals surface area contributed by atoms with Gasteiger partial charge in [-0.15, -0.1) is 0 Å². The van der Waals surface area contributed by atoms with Crippen LogP contribution in [0.2, 0.25) is 0 Å². The van der Waals surface area contributed by atoms with E-state index in [1.807, 2.05) is 18.2 Å². The lowest BCUT2D eigenvalue weighted by Gasteiger charge is -2.25. The molecule has 1 N–H and O–H groups in total. The fraction of sp³-hybridized carbons (Fsp3) is 0. The maximum Gasteiger partial charge on any atom is 0.0462 e. The van der Waals surface area contributed by atoms with Gasteiger partial charge in [0.25, 0.3) is 0 Å². The van der Waals surface area contributed by atoms with Gasteiger partial charge in [0.15, 0.2) is 0 Å². The van der Waals surface area contributed by atoms with Crippen LogP contribution in [-0.2, 0) is 0 Å². The lowest BCUT2D eigenvalue weighted by atomic mass is 10.00. The molecule has 182 valence electrons. The van der Waals surface area contributed by atoms with Gasteiger partial charge in [-0.05, 0) is 82.9 Å². The van der Waals surface area contributed by atoms with Crippen molar-refractivity contribution >= 4 is 28.4 Å². The molecule has 38 heavy (non-hydrogen) atoms. The molecule has 0 fully saturated rings. The second-order valence-corrected chi connectivity index (χ2v) is 9.20. The average molecular weight is 489 g/mol. The molecule has 0 aliphatic rings. The van der Waals surface area contributed by atoms with Gasteiger partial charge in [0, 0.05) is 28.4 Å². The summed E-state index contributed by atoms with van der Waals surface area (Å²) >= 11 is 0. The van der Waals surface area contributed by atoms with Gasteiger partial charge in [-0.25, -0.2) is 0 Å². The quantitative estimate of drug-likeness (QED) is 0.240. The summed E-state index contributed by atoms with van der Waals surface area (Å²) in [4.78, 5) is 2.28. The Balaban J connectivity index is 1.20. The van der Waals surface area contributed by atoms with Gasteiger partial charge in [0.1, 0.15) is 0 Å². The lowest BCUT2D eigenvalue weighted by Crippen LogP contribution is -2.09. The van der Waals surface area contributed by atoms with Crippen molar-refractivity contribution in [1.82, 2.24) is 0 Å². The Hall–Kier alpha value is -5.08. The molecule has 6 aromatic rings. The molecule has 2 nitrogen and oxygen atoms in total. The van der Waals surface area contributed by atoms with E-state index in [4.69, 9.17) is 0 Å². The van der Waals surface area contributed by atoms with Crippen LogP contribution in [0.5, 0.6) is 0 Å². The van der Waals surface area contributed by atoms with Crippen molar-refractivity contribution in [1.29, 1.82) is 0 Å². The zero-order chi connectivity index (χ0) is 25.6. The normalized spacial score (nSPS) is 10.6. The van der Waals surface area contributed by atoms with Crippen LogP contribution in [0.15, 0.2) is 164 Å². The molecule has 0 saturated carbocycles. The van der Waals surface area contributed by atoms with Gasteiger partial charge in [0.05, 0.1) is 0 Å². The number of para-hydroxylation sites is 3. The third kappa shape index (κ3) is 5.21. The number of nitrogens with one attached hydrogen (secondary N) is 1. The third-order valence-corrected chi connectivity index (χ3v) is 6.65. The Morgan fingerprint density at radius 1 is 0.289 bits per heavy atom. The van der Waals surface area contributed by atoms with E-state index in [1.165, 1.54) is 22.3 Å². The standard InChI is InChI=1S/C36H28N2/c1-4-10-32(11-5-1)37-33-24-20-30(21-25-33)28-16-18-29(19-17-28)31-22-26-36(27-23-31)38(34-12-6-2-7-13-34)35-14-8-3-9-15-35/h1-27,37H. The second kappa shape index (κ2) is 10.9. The van der Waals surface area contributed by atoms with Crippen LogP contribution in [0.25, 0.3) is 22.3 Å². The fourth-order valence-corrected chi connectivity index (χ4v) is 4.69. The summed E-state index contributed by atoms with van der Waals surface area (Å²) in [5.74, 6) is 0. The Bertz CT molecular complexity index is 1540. The van der Waals surface area contributed by atoms with Crippen LogP contribution in [0.3, 0.4) is 0 Å². The van der Waals surface area contributed by atoms with Crippen LogP contribution in [0.1, 0.15) is 0 Å². The summed E-state index contributed by atoms with van der Waals surface area (Å²) in [5, 5.41) is 3.44. The Labute approximate surface area is 224 Å². The van der Waals surface area contributed by atoms with E-state index in [-0.39, 0.29) is 0 Å². The molecule has 2 heteroatoms. The van der Waals surface area contributed by atoms with Crippen LogP contribution in [0.4, 0.5) is 28.4 Å².